The van der Waals surface area contributed by atoms with Crippen LogP contribution in [0.1, 0.15) is 30.4 Å². The fraction of sp³-hybridized carbons (Fsp3) is 0.235. The zero-order valence-electron chi connectivity index (χ0n) is 11.4. The average molecular weight is 261 g/mol. The van der Waals surface area contributed by atoms with Gasteiger partial charge in [-0.15, -0.1) is 0 Å². The third-order valence-corrected chi connectivity index (χ3v) is 4.20. The highest BCUT2D eigenvalue weighted by molar-refractivity contribution is 5.81. The van der Waals surface area contributed by atoms with Crippen molar-refractivity contribution in [3.05, 3.63) is 54.1 Å². The molecule has 1 aliphatic rings. The molecule has 0 fully saturated rings. The second kappa shape index (κ2) is 4.37. The van der Waals surface area contributed by atoms with Crippen molar-refractivity contribution in [1.29, 1.82) is 0 Å². The summed E-state index contributed by atoms with van der Waals surface area (Å²) in [7, 11) is 0. The first-order chi connectivity index (χ1) is 9.83. The lowest BCUT2D eigenvalue weighted by Gasteiger charge is -2.12. The van der Waals surface area contributed by atoms with Crippen molar-refractivity contribution < 1.29 is 0 Å². The molecule has 1 aromatic carbocycles. The Kier molecular flexibility index (Phi) is 2.52. The first-order valence-corrected chi connectivity index (χ1v) is 7.01. The Bertz CT molecular complexity index is 795. The van der Waals surface area contributed by atoms with Crippen LogP contribution in [0, 0.1) is 0 Å². The number of hydrogen-bond acceptors (Lipinski definition) is 3. The molecular formula is C17H15N3. The Morgan fingerprint density at radius 2 is 2.10 bits per heavy atom. The smallest absolute Gasteiger partial charge is 0.116 e. The van der Waals surface area contributed by atoms with Crippen LogP contribution in [0.25, 0.3) is 22.2 Å². The molecule has 1 unspecified atom stereocenters. The standard InChI is InChI=1S/C17H15N3/c1-11-5-6-12-3-2-4-14(17(11)12)16-7-15-13(9-19-16)8-18-10-20-15/h2-4,7-11H,5-6H2,1H3. The van der Waals surface area contributed by atoms with E-state index in [1.54, 1.807) is 12.5 Å². The molecule has 98 valence electrons. The topological polar surface area (TPSA) is 38.7 Å². The largest absolute Gasteiger partial charge is 0.255 e. The minimum absolute atomic E-state index is 0.615. The third-order valence-electron chi connectivity index (χ3n) is 4.20. The SMILES string of the molecule is CC1CCc2cccc(-c3cc4ncncc4cn3)c21. The Labute approximate surface area is 117 Å². The molecule has 2 aromatic heterocycles. The van der Waals surface area contributed by atoms with Gasteiger partial charge >= 0.3 is 0 Å². The molecule has 0 saturated carbocycles. The van der Waals surface area contributed by atoms with Crippen molar-refractivity contribution in [2.45, 2.75) is 25.7 Å². The lowest BCUT2D eigenvalue weighted by Crippen LogP contribution is -1.94. The monoisotopic (exact) mass is 261 g/mol. The van der Waals surface area contributed by atoms with Gasteiger partial charge in [-0.1, -0.05) is 25.1 Å². The van der Waals surface area contributed by atoms with Crippen molar-refractivity contribution in [2.75, 3.05) is 0 Å². The van der Waals surface area contributed by atoms with Crippen LogP contribution in [0.15, 0.2) is 43.0 Å². The van der Waals surface area contributed by atoms with Crippen LogP contribution < -0.4 is 0 Å². The molecule has 3 aromatic rings. The van der Waals surface area contributed by atoms with E-state index in [-0.39, 0.29) is 0 Å². The fourth-order valence-corrected chi connectivity index (χ4v) is 3.18. The summed E-state index contributed by atoms with van der Waals surface area (Å²) in [5.74, 6) is 0.615. The highest BCUT2D eigenvalue weighted by Crippen LogP contribution is 2.39. The molecule has 1 aliphatic carbocycles. The molecule has 1 atom stereocenters. The molecule has 20 heavy (non-hydrogen) atoms. The van der Waals surface area contributed by atoms with Crippen molar-refractivity contribution in [3.8, 4) is 11.3 Å². The van der Waals surface area contributed by atoms with Crippen molar-refractivity contribution in [1.82, 2.24) is 15.0 Å². The summed E-state index contributed by atoms with van der Waals surface area (Å²) in [5.41, 5.74) is 6.16. The summed E-state index contributed by atoms with van der Waals surface area (Å²) in [6.07, 6.45) is 7.67. The van der Waals surface area contributed by atoms with Crippen LogP contribution in [0.2, 0.25) is 0 Å². The number of aryl methyl sites for hydroxylation is 1. The minimum Gasteiger partial charge on any atom is -0.255 e. The summed E-state index contributed by atoms with van der Waals surface area (Å²) < 4.78 is 0. The number of nitrogens with zero attached hydrogens (tertiary/aromatic N) is 3. The van der Waals surface area contributed by atoms with E-state index in [9.17, 15) is 0 Å². The number of hydrogen-bond donors (Lipinski definition) is 0. The van der Waals surface area contributed by atoms with Gasteiger partial charge in [-0.05, 0) is 36.0 Å². The van der Waals surface area contributed by atoms with Gasteiger partial charge < -0.3 is 0 Å². The average Bonchev–Trinajstić information content (AvgIpc) is 2.88. The molecule has 0 spiro atoms. The summed E-state index contributed by atoms with van der Waals surface area (Å²) in [6, 6.07) is 8.62. The number of aromatic nitrogens is 3. The van der Waals surface area contributed by atoms with Crippen molar-refractivity contribution in [3.63, 3.8) is 0 Å². The van der Waals surface area contributed by atoms with Crippen LogP contribution in [-0.2, 0) is 6.42 Å². The molecule has 0 bridgehead atoms. The lowest BCUT2D eigenvalue weighted by molar-refractivity contribution is 0.748. The molecular weight excluding hydrogens is 246 g/mol. The maximum Gasteiger partial charge on any atom is 0.116 e. The minimum atomic E-state index is 0.615. The molecule has 0 aliphatic heterocycles. The summed E-state index contributed by atoms with van der Waals surface area (Å²) in [6.45, 7) is 2.30. The highest BCUT2D eigenvalue weighted by atomic mass is 14.8. The van der Waals surface area contributed by atoms with Gasteiger partial charge in [0.05, 0.1) is 11.2 Å². The van der Waals surface area contributed by atoms with Crippen LogP contribution in [0.5, 0.6) is 0 Å². The summed E-state index contributed by atoms with van der Waals surface area (Å²) in [4.78, 5) is 13.0. The number of pyridine rings is 1. The Morgan fingerprint density at radius 3 is 3.05 bits per heavy atom. The Hall–Kier alpha value is -2.29. The van der Waals surface area contributed by atoms with Gasteiger partial charge in [0.1, 0.15) is 6.33 Å². The molecule has 0 saturated heterocycles. The molecule has 2 heterocycles. The number of fused-ring (bicyclic) bond motifs is 2. The van der Waals surface area contributed by atoms with Gasteiger partial charge in [-0.3, -0.25) is 4.98 Å². The van der Waals surface area contributed by atoms with Gasteiger partial charge in [-0.25, -0.2) is 9.97 Å². The van der Waals surface area contributed by atoms with Crippen LogP contribution >= 0.6 is 0 Å². The van der Waals surface area contributed by atoms with Gasteiger partial charge in [0.15, 0.2) is 0 Å². The summed E-state index contributed by atoms with van der Waals surface area (Å²) in [5, 5.41) is 0.983. The number of benzene rings is 1. The Morgan fingerprint density at radius 1 is 1.15 bits per heavy atom. The molecule has 3 heteroatoms. The second-order valence-electron chi connectivity index (χ2n) is 5.47. The maximum atomic E-state index is 4.61. The van der Waals surface area contributed by atoms with E-state index >= 15 is 0 Å². The van der Waals surface area contributed by atoms with Gasteiger partial charge in [0.25, 0.3) is 0 Å². The summed E-state index contributed by atoms with van der Waals surface area (Å²) >= 11 is 0. The molecule has 0 radical (unpaired) electrons. The number of rotatable bonds is 1. The molecule has 3 nitrogen and oxygen atoms in total. The Balaban J connectivity index is 1.94. The lowest BCUT2D eigenvalue weighted by atomic mass is 9.95. The molecule has 0 amide bonds. The first kappa shape index (κ1) is 11.5. The first-order valence-electron chi connectivity index (χ1n) is 7.01. The van der Waals surface area contributed by atoms with E-state index in [0.717, 1.165) is 16.6 Å². The second-order valence-corrected chi connectivity index (χ2v) is 5.47. The van der Waals surface area contributed by atoms with Crippen LogP contribution in [-0.4, -0.2) is 15.0 Å². The zero-order valence-corrected chi connectivity index (χ0v) is 11.4. The van der Waals surface area contributed by atoms with Gasteiger partial charge in [0.2, 0.25) is 0 Å². The maximum absolute atomic E-state index is 4.61. The van der Waals surface area contributed by atoms with E-state index in [4.69, 9.17) is 0 Å². The van der Waals surface area contributed by atoms with E-state index in [0.29, 0.717) is 5.92 Å². The predicted molar refractivity (Wildman–Crippen MR) is 79.5 cm³/mol. The predicted octanol–water partition coefficient (Wildman–Crippen LogP) is 3.74. The van der Waals surface area contributed by atoms with Gasteiger partial charge in [-0.2, -0.15) is 0 Å². The van der Waals surface area contributed by atoms with Crippen molar-refractivity contribution >= 4 is 10.9 Å². The third kappa shape index (κ3) is 1.70. The van der Waals surface area contributed by atoms with Gasteiger partial charge in [0, 0.05) is 23.3 Å². The van der Waals surface area contributed by atoms with E-state index < -0.39 is 0 Å². The van der Waals surface area contributed by atoms with Crippen molar-refractivity contribution in [2.24, 2.45) is 0 Å². The van der Waals surface area contributed by atoms with E-state index in [2.05, 4.69) is 46.1 Å². The highest BCUT2D eigenvalue weighted by Gasteiger charge is 2.22. The normalized spacial score (nSPS) is 17.4. The molecule has 4 rings (SSSR count). The molecule has 0 N–H and O–H groups in total. The van der Waals surface area contributed by atoms with E-state index in [1.807, 2.05) is 6.20 Å². The fourth-order valence-electron chi connectivity index (χ4n) is 3.18. The van der Waals surface area contributed by atoms with Crippen LogP contribution in [0.3, 0.4) is 0 Å². The zero-order chi connectivity index (χ0) is 13.5. The van der Waals surface area contributed by atoms with Crippen LogP contribution in [0.4, 0.5) is 0 Å². The van der Waals surface area contributed by atoms with E-state index in [1.165, 1.54) is 29.5 Å². The quantitative estimate of drug-likeness (QED) is 0.669.